The van der Waals surface area contributed by atoms with Crippen molar-refractivity contribution in [1.82, 2.24) is 19.9 Å². The first kappa shape index (κ1) is 29.0. The molecule has 8 heteroatoms. The first-order valence-corrected chi connectivity index (χ1v) is 10.5. The summed E-state index contributed by atoms with van der Waals surface area (Å²) in [6.45, 7) is 0. The molecule has 0 bridgehead atoms. The van der Waals surface area contributed by atoms with Gasteiger partial charge in [-0.15, -0.1) is 0 Å². The average Bonchev–Trinajstić information content (AvgIpc) is 3.32. The number of nitrogens with one attached hydrogen (secondary N) is 1. The summed E-state index contributed by atoms with van der Waals surface area (Å²) >= 11 is 0. The summed E-state index contributed by atoms with van der Waals surface area (Å²) in [4.78, 5) is 19.6. The topological polar surface area (TPSA) is 57.7 Å². The summed E-state index contributed by atoms with van der Waals surface area (Å²) in [5.74, 6) is 0.854. The van der Waals surface area contributed by atoms with Gasteiger partial charge in [0.25, 0.3) is 0 Å². The molecule has 5 aromatic rings. The predicted octanol–water partition coefficient (Wildman–Crippen LogP) is -0.376. The molecule has 2 aromatic carbocycles. The van der Waals surface area contributed by atoms with Crippen molar-refractivity contribution in [2.75, 3.05) is 19.0 Å². The van der Waals surface area contributed by atoms with Crippen LogP contribution in [0.25, 0.3) is 44.2 Å². The number of halogens is 2. The molecule has 1 N–H and O–H groups in total. The molecule has 1 fully saturated rings. The summed E-state index contributed by atoms with van der Waals surface area (Å²) in [6, 6.07) is 16.4. The van der Waals surface area contributed by atoms with E-state index < -0.39 is 0 Å². The molecular formula is C27H23Cl2N5Ru. The van der Waals surface area contributed by atoms with Crippen LogP contribution in [-0.2, 0) is 19.5 Å². The maximum Gasteiger partial charge on any atom is 2.00 e. The van der Waals surface area contributed by atoms with Gasteiger partial charge in [0.15, 0.2) is 0 Å². The molecular weight excluding hydrogens is 566 g/mol. The number of rotatable bonds is 2. The van der Waals surface area contributed by atoms with E-state index in [2.05, 4.69) is 56.3 Å². The van der Waals surface area contributed by atoms with E-state index in [0.717, 1.165) is 49.9 Å². The molecule has 3 heterocycles. The molecule has 0 aliphatic heterocycles. The fourth-order valence-electron chi connectivity index (χ4n) is 3.78. The largest absolute Gasteiger partial charge is 2.00 e. The van der Waals surface area contributed by atoms with Crippen molar-refractivity contribution in [2.24, 2.45) is 0 Å². The summed E-state index contributed by atoms with van der Waals surface area (Å²) in [5, 5.41) is 2.05. The van der Waals surface area contributed by atoms with Gasteiger partial charge in [-0.05, 0) is 87.1 Å². The van der Waals surface area contributed by atoms with Crippen molar-refractivity contribution in [3.8, 4) is 11.4 Å². The Bertz CT molecular complexity index is 1280. The van der Waals surface area contributed by atoms with E-state index in [0.29, 0.717) is 0 Å². The van der Waals surface area contributed by atoms with Crippen molar-refractivity contribution >= 4 is 38.5 Å². The van der Waals surface area contributed by atoms with Crippen LogP contribution in [0.2, 0.25) is 0 Å². The van der Waals surface area contributed by atoms with Gasteiger partial charge in [-0.1, -0.05) is 0 Å². The van der Waals surface area contributed by atoms with Crippen LogP contribution in [0.1, 0.15) is 0 Å². The number of pyridine rings is 2. The van der Waals surface area contributed by atoms with Gasteiger partial charge in [-0.3, -0.25) is 9.97 Å². The molecule has 0 spiro atoms. The Morgan fingerprint density at radius 2 is 1.17 bits per heavy atom. The van der Waals surface area contributed by atoms with Crippen molar-refractivity contribution in [1.29, 1.82) is 0 Å². The first-order chi connectivity index (χ1) is 15.7. The molecule has 5 nitrogen and oxygen atoms in total. The fraction of sp³-hybridized carbons (Fsp3) is 0.0741. The number of H-pyrrole nitrogens is 1. The van der Waals surface area contributed by atoms with E-state index in [1.165, 1.54) is 0 Å². The Labute approximate surface area is 231 Å². The second kappa shape index (κ2) is 13.2. The molecule has 1 aliphatic rings. The second-order valence-corrected chi connectivity index (χ2v) is 7.70. The number of nitrogens with zero attached hydrogens (tertiary/aromatic N) is 4. The zero-order valence-corrected chi connectivity index (χ0v) is 22.4. The molecule has 35 heavy (non-hydrogen) atoms. The molecule has 0 atom stereocenters. The fourth-order valence-corrected chi connectivity index (χ4v) is 3.78. The van der Waals surface area contributed by atoms with Gasteiger partial charge in [-0.2, -0.15) is 0 Å². The Morgan fingerprint density at radius 3 is 1.71 bits per heavy atom. The predicted molar refractivity (Wildman–Crippen MR) is 132 cm³/mol. The van der Waals surface area contributed by atoms with Gasteiger partial charge in [0.1, 0.15) is 5.82 Å². The van der Waals surface area contributed by atoms with Gasteiger partial charge < -0.3 is 34.7 Å². The first-order valence-electron chi connectivity index (χ1n) is 10.5. The molecule has 0 amide bonds. The Morgan fingerprint density at radius 1 is 0.657 bits per heavy atom. The number of anilines is 1. The van der Waals surface area contributed by atoms with Crippen molar-refractivity contribution in [3.05, 3.63) is 99.4 Å². The molecule has 1 aliphatic carbocycles. The molecule has 6 rings (SSSR count). The number of hydrogen-bond acceptors (Lipinski definition) is 4. The van der Waals surface area contributed by atoms with E-state index in [1.54, 1.807) is 12.4 Å². The molecule has 0 saturated heterocycles. The second-order valence-electron chi connectivity index (χ2n) is 7.70. The summed E-state index contributed by atoms with van der Waals surface area (Å²) in [5.41, 5.74) is 5.93. The summed E-state index contributed by atoms with van der Waals surface area (Å²) < 4.78 is 0. The van der Waals surface area contributed by atoms with Gasteiger partial charge in [0.05, 0.1) is 22.1 Å². The molecule has 3 aromatic heterocycles. The molecule has 6 radical (unpaired) electrons. The smallest absolute Gasteiger partial charge is 1.00 e. The number of aromatic amines is 1. The van der Waals surface area contributed by atoms with Crippen LogP contribution < -0.4 is 29.7 Å². The quantitative estimate of drug-likeness (QED) is 0.226. The average molecular weight is 589 g/mol. The van der Waals surface area contributed by atoms with E-state index in [9.17, 15) is 0 Å². The zero-order chi connectivity index (χ0) is 21.9. The maximum absolute atomic E-state index is 4.90. The molecule has 1 saturated carbocycles. The number of benzene rings is 2. The van der Waals surface area contributed by atoms with Crippen LogP contribution in [0, 0.1) is 38.5 Å². The third-order valence-electron chi connectivity index (χ3n) is 5.39. The third kappa shape index (κ3) is 6.12. The standard InChI is InChI=1S/C21H17N5.C6H6.2ClH.Ru/c1-26(2)14-9-7-13(8-10-14)21-24-19-15-5-3-11-22-17(15)18-16(20(19)25-21)6-4-12-23-18;1-2-4-6-5-3-1;;;/h3-12H,1-2H3,(H,24,25);1-6H;2*1H;/q;;;;+2/p-2. The minimum absolute atomic E-state index is 0. The minimum Gasteiger partial charge on any atom is -1.00 e. The third-order valence-corrected chi connectivity index (χ3v) is 5.39. The maximum atomic E-state index is 4.90. The Hall–Kier alpha value is -2.27. The molecule has 0 unspecified atom stereocenters. The van der Waals surface area contributed by atoms with Gasteiger partial charge >= 0.3 is 19.5 Å². The van der Waals surface area contributed by atoms with Crippen molar-refractivity contribution < 1.29 is 44.3 Å². The minimum atomic E-state index is 0. The van der Waals surface area contributed by atoms with Crippen LogP contribution in [-0.4, -0.2) is 34.0 Å². The van der Waals surface area contributed by atoms with Gasteiger partial charge in [0.2, 0.25) is 0 Å². The summed E-state index contributed by atoms with van der Waals surface area (Å²) in [6.07, 6.45) is 15.6. The zero-order valence-electron chi connectivity index (χ0n) is 19.1. The van der Waals surface area contributed by atoms with Gasteiger partial charge in [-0.25, -0.2) is 4.98 Å². The monoisotopic (exact) mass is 589 g/mol. The number of aromatic nitrogens is 4. The Kier molecular flexibility index (Phi) is 10.9. The van der Waals surface area contributed by atoms with E-state index in [4.69, 9.17) is 4.98 Å². The van der Waals surface area contributed by atoms with Crippen LogP contribution in [0.15, 0.2) is 60.9 Å². The van der Waals surface area contributed by atoms with Crippen LogP contribution in [0.5, 0.6) is 0 Å². The van der Waals surface area contributed by atoms with Crippen LogP contribution in [0.4, 0.5) is 5.69 Å². The van der Waals surface area contributed by atoms with Crippen molar-refractivity contribution in [2.45, 2.75) is 0 Å². The normalized spacial score (nSPS) is 12.6. The Balaban J connectivity index is 0.000000425. The van der Waals surface area contributed by atoms with E-state index in [-0.39, 0.29) is 44.3 Å². The number of hydrogen-bond donors (Lipinski definition) is 1. The van der Waals surface area contributed by atoms with Crippen molar-refractivity contribution in [3.63, 3.8) is 0 Å². The number of imidazole rings is 1. The van der Waals surface area contributed by atoms with Gasteiger partial charge in [0, 0.05) is 48.5 Å². The van der Waals surface area contributed by atoms with E-state index in [1.807, 2.05) is 64.8 Å². The SMILES string of the molecule is CN(C)c1ccc(-c2nc3c4cccnc4c4ncccc4c3[nH]2)cc1.[CH]1[CH][CH][CH][CH][CH]1.[Cl-].[Cl-].[Ru+2]. The van der Waals surface area contributed by atoms with Crippen LogP contribution in [0.3, 0.4) is 0 Å². The van der Waals surface area contributed by atoms with Crippen LogP contribution >= 0.6 is 0 Å². The van der Waals surface area contributed by atoms with E-state index >= 15 is 0 Å². The molecule has 178 valence electrons. The number of fused-ring (bicyclic) bond motifs is 6. The summed E-state index contributed by atoms with van der Waals surface area (Å²) in [7, 11) is 4.07.